The summed E-state index contributed by atoms with van der Waals surface area (Å²) in [5, 5.41) is 3.85. The molecule has 146 valence electrons. The fourth-order valence-electron chi connectivity index (χ4n) is 2.60. The molecule has 3 rings (SSSR count). The van der Waals surface area contributed by atoms with Crippen LogP contribution in [0, 0.1) is 0 Å². The van der Waals surface area contributed by atoms with E-state index in [1.807, 2.05) is 12.1 Å². The van der Waals surface area contributed by atoms with E-state index in [0.717, 1.165) is 4.70 Å². The maximum absolute atomic E-state index is 12.4. The molecule has 1 N–H and O–H groups in total. The smallest absolute Gasteiger partial charge is 0.341 e. The van der Waals surface area contributed by atoms with Crippen molar-refractivity contribution in [3.8, 4) is 0 Å². The number of benzene rings is 2. The normalized spacial score (nSPS) is 11.4. The van der Waals surface area contributed by atoms with Crippen LogP contribution >= 0.6 is 22.9 Å². The van der Waals surface area contributed by atoms with Gasteiger partial charge in [-0.25, -0.2) is 13.2 Å². The van der Waals surface area contributed by atoms with E-state index in [1.165, 1.54) is 35.6 Å². The predicted molar refractivity (Wildman–Crippen MR) is 110 cm³/mol. The highest BCUT2D eigenvalue weighted by molar-refractivity contribution is 7.92. The van der Waals surface area contributed by atoms with Crippen LogP contribution in [-0.4, -0.2) is 32.7 Å². The third-order valence-electron chi connectivity index (χ3n) is 3.82. The molecule has 0 atom stereocenters. The lowest BCUT2D eigenvalue weighted by Gasteiger charge is -2.08. The van der Waals surface area contributed by atoms with E-state index in [4.69, 9.17) is 16.3 Å². The van der Waals surface area contributed by atoms with Crippen molar-refractivity contribution in [2.45, 2.75) is 11.8 Å². The summed E-state index contributed by atoms with van der Waals surface area (Å²) in [5.74, 6) is -2.08. The van der Waals surface area contributed by atoms with Crippen molar-refractivity contribution >= 4 is 59.7 Å². The Hall–Kier alpha value is -2.42. The Bertz CT molecular complexity index is 1140. The molecule has 1 amide bonds. The summed E-state index contributed by atoms with van der Waals surface area (Å²) in [6.45, 7) is 1.87. The van der Waals surface area contributed by atoms with Gasteiger partial charge in [0, 0.05) is 15.1 Å². The van der Waals surface area contributed by atoms with Crippen molar-refractivity contribution in [3.05, 3.63) is 59.1 Å². The van der Waals surface area contributed by atoms with Gasteiger partial charge in [-0.15, -0.1) is 11.3 Å². The van der Waals surface area contributed by atoms with Crippen LogP contribution in [0.2, 0.25) is 5.02 Å². The average Bonchev–Trinajstić information content (AvgIpc) is 2.99. The van der Waals surface area contributed by atoms with E-state index in [-0.39, 0.29) is 22.1 Å². The Morgan fingerprint density at radius 3 is 2.46 bits per heavy atom. The third kappa shape index (κ3) is 4.35. The van der Waals surface area contributed by atoms with Gasteiger partial charge in [-0.3, -0.25) is 4.79 Å². The number of carbonyl (C=O) groups is 2. The SMILES string of the molecule is CCOC(=O)c1c(NC(=O)CS(=O)(=O)c2ccc(Cl)cc2)sc2ccccc12. The summed E-state index contributed by atoms with van der Waals surface area (Å²) in [6.07, 6.45) is 0. The number of hydrogen-bond donors (Lipinski definition) is 1. The summed E-state index contributed by atoms with van der Waals surface area (Å²) < 4.78 is 30.8. The highest BCUT2D eigenvalue weighted by Crippen LogP contribution is 2.36. The standard InChI is InChI=1S/C19H16ClNO5S2/c1-2-26-19(23)17-14-5-3-4-6-15(14)27-18(17)21-16(22)11-28(24,25)13-9-7-12(20)8-10-13/h3-10H,2,11H2,1H3,(H,21,22). The zero-order valence-corrected chi connectivity index (χ0v) is 17.2. The summed E-state index contributed by atoms with van der Waals surface area (Å²) in [6, 6.07) is 12.7. The van der Waals surface area contributed by atoms with Gasteiger partial charge in [0.2, 0.25) is 5.91 Å². The highest BCUT2D eigenvalue weighted by Gasteiger charge is 2.24. The van der Waals surface area contributed by atoms with Gasteiger partial charge in [0.25, 0.3) is 0 Å². The summed E-state index contributed by atoms with van der Waals surface area (Å²) in [5.41, 5.74) is 0.222. The van der Waals surface area contributed by atoms with Gasteiger partial charge in [0.1, 0.15) is 16.3 Å². The molecule has 0 bridgehead atoms. The maximum Gasteiger partial charge on any atom is 0.341 e. The van der Waals surface area contributed by atoms with Crippen molar-refractivity contribution in [1.82, 2.24) is 0 Å². The molecule has 6 nitrogen and oxygen atoms in total. The largest absolute Gasteiger partial charge is 0.462 e. The van der Waals surface area contributed by atoms with Gasteiger partial charge in [0.05, 0.1) is 11.5 Å². The Balaban J connectivity index is 1.87. The molecule has 3 aromatic rings. The number of sulfone groups is 1. The molecule has 0 aliphatic heterocycles. The number of amides is 1. The molecule has 0 spiro atoms. The Morgan fingerprint density at radius 1 is 1.11 bits per heavy atom. The van der Waals surface area contributed by atoms with Crippen LogP contribution in [-0.2, 0) is 19.4 Å². The van der Waals surface area contributed by atoms with E-state index < -0.39 is 27.5 Å². The van der Waals surface area contributed by atoms with E-state index in [0.29, 0.717) is 10.4 Å². The first-order valence-corrected chi connectivity index (χ1v) is 11.1. The molecule has 0 fully saturated rings. The quantitative estimate of drug-likeness (QED) is 0.585. The molecular weight excluding hydrogens is 422 g/mol. The second-order valence-electron chi connectivity index (χ2n) is 5.78. The van der Waals surface area contributed by atoms with Crippen LogP contribution in [0.5, 0.6) is 0 Å². The molecule has 0 saturated heterocycles. The zero-order chi connectivity index (χ0) is 20.3. The zero-order valence-electron chi connectivity index (χ0n) is 14.8. The Kier molecular flexibility index (Phi) is 6.02. The first-order chi connectivity index (χ1) is 13.3. The Labute approximate surface area is 171 Å². The van der Waals surface area contributed by atoms with E-state index in [2.05, 4.69) is 5.32 Å². The molecule has 0 aliphatic carbocycles. The Morgan fingerprint density at radius 2 is 1.79 bits per heavy atom. The third-order valence-corrected chi connectivity index (χ3v) is 6.79. The van der Waals surface area contributed by atoms with Gasteiger partial charge in [0.15, 0.2) is 9.84 Å². The molecule has 0 saturated carbocycles. The van der Waals surface area contributed by atoms with Crippen molar-refractivity contribution in [2.24, 2.45) is 0 Å². The average molecular weight is 438 g/mol. The van der Waals surface area contributed by atoms with Crippen molar-refractivity contribution < 1.29 is 22.7 Å². The van der Waals surface area contributed by atoms with Crippen LogP contribution in [0.3, 0.4) is 0 Å². The van der Waals surface area contributed by atoms with Crippen LogP contribution < -0.4 is 5.32 Å². The molecule has 0 aliphatic rings. The highest BCUT2D eigenvalue weighted by atomic mass is 35.5. The van der Waals surface area contributed by atoms with Crippen molar-refractivity contribution in [1.29, 1.82) is 0 Å². The van der Waals surface area contributed by atoms with Gasteiger partial charge < -0.3 is 10.1 Å². The van der Waals surface area contributed by atoms with Gasteiger partial charge in [-0.2, -0.15) is 0 Å². The number of carbonyl (C=O) groups excluding carboxylic acids is 2. The topological polar surface area (TPSA) is 89.5 Å². The van der Waals surface area contributed by atoms with Crippen LogP contribution in [0.25, 0.3) is 10.1 Å². The first-order valence-electron chi connectivity index (χ1n) is 8.28. The number of fused-ring (bicyclic) bond motifs is 1. The lowest BCUT2D eigenvalue weighted by molar-refractivity contribution is -0.113. The molecule has 1 heterocycles. The van der Waals surface area contributed by atoms with E-state index in [1.54, 1.807) is 19.1 Å². The van der Waals surface area contributed by atoms with Crippen molar-refractivity contribution in [3.63, 3.8) is 0 Å². The lowest BCUT2D eigenvalue weighted by atomic mass is 10.1. The molecule has 28 heavy (non-hydrogen) atoms. The molecule has 1 aromatic heterocycles. The number of ether oxygens (including phenoxy) is 1. The molecule has 0 unspecified atom stereocenters. The van der Waals surface area contributed by atoms with Crippen LogP contribution in [0.4, 0.5) is 5.00 Å². The number of thiophene rings is 1. The number of hydrogen-bond acceptors (Lipinski definition) is 6. The minimum Gasteiger partial charge on any atom is -0.462 e. The fraction of sp³-hybridized carbons (Fsp3) is 0.158. The van der Waals surface area contributed by atoms with Gasteiger partial charge >= 0.3 is 5.97 Å². The number of anilines is 1. The number of nitrogens with one attached hydrogen (secondary N) is 1. The molecule has 2 aromatic carbocycles. The number of esters is 1. The molecule has 0 radical (unpaired) electrons. The van der Waals surface area contributed by atoms with Crippen LogP contribution in [0.1, 0.15) is 17.3 Å². The fourth-order valence-corrected chi connectivity index (χ4v) is 4.97. The number of halogens is 1. The van der Waals surface area contributed by atoms with Crippen LogP contribution in [0.15, 0.2) is 53.4 Å². The molecular formula is C19H16ClNO5S2. The summed E-state index contributed by atoms with van der Waals surface area (Å²) >= 11 is 6.95. The molecule has 9 heteroatoms. The van der Waals surface area contributed by atoms with E-state index >= 15 is 0 Å². The van der Waals surface area contributed by atoms with Gasteiger partial charge in [-0.1, -0.05) is 29.8 Å². The van der Waals surface area contributed by atoms with Crippen molar-refractivity contribution in [2.75, 3.05) is 17.7 Å². The van der Waals surface area contributed by atoms with E-state index in [9.17, 15) is 18.0 Å². The summed E-state index contributed by atoms with van der Waals surface area (Å²) in [7, 11) is -3.85. The van der Waals surface area contributed by atoms with Gasteiger partial charge in [-0.05, 0) is 37.3 Å². The monoisotopic (exact) mass is 437 g/mol. The number of rotatable bonds is 6. The first kappa shape index (κ1) is 20.3. The minimum atomic E-state index is -3.85. The second-order valence-corrected chi connectivity index (χ2v) is 9.26. The summed E-state index contributed by atoms with van der Waals surface area (Å²) in [4.78, 5) is 24.8. The lowest BCUT2D eigenvalue weighted by Crippen LogP contribution is -2.23. The second kappa shape index (κ2) is 8.30. The minimum absolute atomic E-state index is 0.00555. The predicted octanol–water partition coefficient (Wildman–Crippen LogP) is 4.14. The maximum atomic E-state index is 12.4.